The Morgan fingerprint density at radius 2 is 1.58 bits per heavy atom. The van der Waals surface area contributed by atoms with E-state index in [0.29, 0.717) is 5.92 Å². The van der Waals surface area contributed by atoms with Crippen LogP contribution < -0.4 is 5.73 Å². The van der Waals surface area contributed by atoms with Gasteiger partial charge in [-0.05, 0) is 13.0 Å². The van der Waals surface area contributed by atoms with Crippen LogP contribution in [-0.2, 0) is 0 Å². The third kappa shape index (κ3) is 2.44. The average Bonchev–Trinajstić information content (AvgIpc) is 2.04. The fourth-order valence-corrected chi connectivity index (χ4v) is 1.54. The van der Waals surface area contributed by atoms with Gasteiger partial charge in [0.25, 0.3) is 0 Å². The molecule has 0 saturated carbocycles. The summed E-state index contributed by atoms with van der Waals surface area (Å²) < 4.78 is 0. The summed E-state index contributed by atoms with van der Waals surface area (Å²) in [6.07, 6.45) is 0.249. The van der Waals surface area contributed by atoms with Crippen molar-refractivity contribution in [3.63, 3.8) is 0 Å². The minimum Gasteiger partial charge on any atom is -0.316 e. The van der Waals surface area contributed by atoms with Gasteiger partial charge in [0.1, 0.15) is 0 Å². The lowest BCUT2D eigenvalue weighted by Crippen LogP contribution is -2.54. The molecule has 1 fully saturated rings. The highest BCUT2D eigenvalue weighted by molar-refractivity contribution is 4.75. The van der Waals surface area contributed by atoms with Gasteiger partial charge in [0, 0.05) is 26.2 Å². The molecule has 72 valence electrons. The molecule has 0 amide bonds. The zero-order valence-electron chi connectivity index (χ0n) is 8.45. The Labute approximate surface area is 75.5 Å². The molecule has 0 spiro atoms. The second-order valence-electron chi connectivity index (χ2n) is 4.07. The third-order valence-electron chi connectivity index (χ3n) is 2.64. The monoisotopic (exact) mass is 171 g/mol. The average molecular weight is 171 g/mol. The first-order valence-corrected chi connectivity index (χ1v) is 4.79. The van der Waals surface area contributed by atoms with E-state index in [0.717, 1.165) is 26.2 Å². The fraction of sp³-hybridized carbons (Fsp3) is 1.00. The molecule has 0 radical (unpaired) electrons. The molecule has 0 aliphatic carbocycles. The number of hydrogen-bond acceptors (Lipinski definition) is 3. The molecule has 1 aliphatic heterocycles. The molecule has 1 rings (SSSR count). The molecular weight excluding hydrogens is 150 g/mol. The summed E-state index contributed by atoms with van der Waals surface area (Å²) in [4.78, 5) is 4.73. The minimum atomic E-state index is 0.249. The molecule has 1 unspecified atom stereocenters. The quantitative estimate of drug-likeness (QED) is 0.643. The lowest BCUT2D eigenvalue weighted by Gasteiger charge is -2.37. The molecule has 3 heteroatoms. The normalized spacial score (nSPS) is 24.8. The van der Waals surface area contributed by atoms with Gasteiger partial charge in [0.05, 0.1) is 6.17 Å². The molecule has 1 heterocycles. The van der Waals surface area contributed by atoms with Crippen LogP contribution in [0.2, 0.25) is 0 Å². The van der Waals surface area contributed by atoms with Crippen LogP contribution in [0.3, 0.4) is 0 Å². The van der Waals surface area contributed by atoms with E-state index in [1.54, 1.807) is 0 Å². The first kappa shape index (κ1) is 9.96. The molecule has 1 aliphatic rings. The van der Waals surface area contributed by atoms with Crippen molar-refractivity contribution in [1.82, 2.24) is 9.80 Å². The largest absolute Gasteiger partial charge is 0.316 e. The fourth-order valence-electron chi connectivity index (χ4n) is 1.54. The van der Waals surface area contributed by atoms with E-state index in [2.05, 4.69) is 30.7 Å². The van der Waals surface area contributed by atoms with E-state index in [4.69, 9.17) is 5.73 Å². The molecule has 0 aromatic rings. The summed E-state index contributed by atoms with van der Waals surface area (Å²) in [5, 5.41) is 0. The summed E-state index contributed by atoms with van der Waals surface area (Å²) in [6.45, 7) is 8.92. The highest BCUT2D eigenvalue weighted by Crippen LogP contribution is 2.08. The van der Waals surface area contributed by atoms with Crippen molar-refractivity contribution < 1.29 is 0 Å². The second kappa shape index (κ2) is 4.21. The van der Waals surface area contributed by atoms with Crippen LogP contribution >= 0.6 is 0 Å². The maximum Gasteiger partial charge on any atom is 0.0596 e. The van der Waals surface area contributed by atoms with E-state index in [9.17, 15) is 0 Å². The van der Waals surface area contributed by atoms with Crippen LogP contribution in [0.1, 0.15) is 13.8 Å². The van der Waals surface area contributed by atoms with E-state index in [-0.39, 0.29) is 6.17 Å². The first-order valence-electron chi connectivity index (χ1n) is 4.79. The van der Waals surface area contributed by atoms with Gasteiger partial charge in [-0.1, -0.05) is 13.8 Å². The lowest BCUT2D eigenvalue weighted by atomic mass is 10.1. The topological polar surface area (TPSA) is 32.5 Å². The van der Waals surface area contributed by atoms with Gasteiger partial charge in [0.2, 0.25) is 0 Å². The Morgan fingerprint density at radius 1 is 1.08 bits per heavy atom. The van der Waals surface area contributed by atoms with Crippen LogP contribution in [0.15, 0.2) is 0 Å². The summed E-state index contributed by atoms with van der Waals surface area (Å²) in [6, 6.07) is 0. The predicted molar refractivity (Wildman–Crippen MR) is 51.9 cm³/mol. The molecule has 0 aromatic carbocycles. The van der Waals surface area contributed by atoms with Gasteiger partial charge < -0.3 is 10.6 Å². The summed E-state index contributed by atoms with van der Waals surface area (Å²) in [7, 11) is 2.16. The van der Waals surface area contributed by atoms with Crippen molar-refractivity contribution in [2.75, 3.05) is 33.2 Å². The van der Waals surface area contributed by atoms with Crippen molar-refractivity contribution >= 4 is 0 Å². The highest BCUT2D eigenvalue weighted by atomic mass is 15.3. The lowest BCUT2D eigenvalue weighted by molar-refractivity contribution is 0.0915. The smallest absolute Gasteiger partial charge is 0.0596 e. The van der Waals surface area contributed by atoms with Crippen LogP contribution in [0.4, 0.5) is 0 Å². The number of rotatable bonds is 2. The summed E-state index contributed by atoms with van der Waals surface area (Å²) >= 11 is 0. The molecule has 12 heavy (non-hydrogen) atoms. The SMILES string of the molecule is CC(C)C(N)N1CCN(C)CC1. The molecule has 0 bridgehead atoms. The van der Waals surface area contributed by atoms with Crippen molar-refractivity contribution in [2.24, 2.45) is 11.7 Å². The van der Waals surface area contributed by atoms with Gasteiger partial charge in [-0.15, -0.1) is 0 Å². The molecule has 3 nitrogen and oxygen atoms in total. The predicted octanol–water partition coefficient (Wildman–Crippen LogP) is 0.175. The van der Waals surface area contributed by atoms with Crippen molar-refractivity contribution in [1.29, 1.82) is 0 Å². The van der Waals surface area contributed by atoms with E-state index < -0.39 is 0 Å². The molecule has 2 N–H and O–H groups in total. The van der Waals surface area contributed by atoms with Gasteiger partial charge in [-0.2, -0.15) is 0 Å². The summed E-state index contributed by atoms with van der Waals surface area (Å²) in [5.74, 6) is 0.563. The molecular formula is C9H21N3. The van der Waals surface area contributed by atoms with Gasteiger partial charge in [-0.25, -0.2) is 0 Å². The van der Waals surface area contributed by atoms with Gasteiger partial charge in [-0.3, -0.25) is 4.90 Å². The van der Waals surface area contributed by atoms with Crippen LogP contribution in [0.25, 0.3) is 0 Å². The second-order valence-corrected chi connectivity index (χ2v) is 4.07. The Balaban J connectivity index is 2.34. The number of hydrogen-bond donors (Lipinski definition) is 1. The Hall–Kier alpha value is -0.120. The number of piperazine rings is 1. The van der Waals surface area contributed by atoms with Crippen molar-refractivity contribution in [3.8, 4) is 0 Å². The Kier molecular flexibility index (Phi) is 3.50. The summed E-state index contributed by atoms with van der Waals surface area (Å²) in [5.41, 5.74) is 6.04. The van der Waals surface area contributed by atoms with Crippen LogP contribution in [0, 0.1) is 5.92 Å². The Bertz CT molecular complexity index is 128. The zero-order valence-corrected chi connectivity index (χ0v) is 8.45. The van der Waals surface area contributed by atoms with Crippen molar-refractivity contribution in [3.05, 3.63) is 0 Å². The van der Waals surface area contributed by atoms with E-state index in [1.165, 1.54) is 0 Å². The first-order chi connectivity index (χ1) is 5.61. The van der Waals surface area contributed by atoms with E-state index in [1.807, 2.05) is 0 Å². The minimum absolute atomic E-state index is 0.249. The van der Waals surface area contributed by atoms with E-state index >= 15 is 0 Å². The van der Waals surface area contributed by atoms with Crippen LogP contribution in [-0.4, -0.2) is 49.2 Å². The number of likely N-dealkylation sites (N-methyl/N-ethyl adjacent to an activating group) is 1. The Morgan fingerprint density at radius 3 is 2.00 bits per heavy atom. The standard InChI is InChI=1S/C9H21N3/c1-8(2)9(10)12-6-4-11(3)5-7-12/h8-9H,4-7,10H2,1-3H3. The zero-order chi connectivity index (χ0) is 9.14. The highest BCUT2D eigenvalue weighted by Gasteiger charge is 2.20. The van der Waals surface area contributed by atoms with Gasteiger partial charge >= 0.3 is 0 Å². The maximum absolute atomic E-state index is 6.04. The molecule has 1 saturated heterocycles. The van der Waals surface area contributed by atoms with Crippen LogP contribution in [0.5, 0.6) is 0 Å². The number of nitrogens with two attached hydrogens (primary N) is 1. The molecule has 1 atom stereocenters. The van der Waals surface area contributed by atoms with Gasteiger partial charge in [0.15, 0.2) is 0 Å². The number of nitrogens with zero attached hydrogens (tertiary/aromatic N) is 2. The van der Waals surface area contributed by atoms with Crippen molar-refractivity contribution in [2.45, 2.75) is 20.0 Å². The molecule has 0 aromatic heterocycles. The maximum atomic E-state index is 6.04. The third-order valence-corrected chi connectivity index (χ3v) is 2.64.